The van der Waals surface area contributed by atoms with Crippen LogP contribution in [0.3, 0.4) is 0 Å². The zero-order valence-corrected chi connectivity index (χ0v) is 15.4. The summed E-state index contributed by atoms with van der Waals surface area (Å²) in [5.74, 6) is 0.255. The molecule has 0 saturated heterocycles. The van der Waals surface area contributed by atoms with Crippen molar-refractivity contribution in [2.45, 2.75) is 33.4 Å². The van der Waals surface area contributed by atoms with Gasteiger partial charge in [0, 0.05) is 18.8 Å². The summed E-state index contributed by atoms with van der Waals surface area (Å²) in [4.78, 5) is 12.3. The maximum Gasteiger partial charge on any atom is 0.261 e. The van der Waals surface area contributed by atoms with Crippen LogP contribution in [0.25, 0.3) is 5.69 Å². The molecule has 0 aliphatic heterocycles. The Morgan fingerprint density at radius 2 is 1.96 bits per heavy atom. The second-order valence-corrected chi connectivity index (χ2v) is 6.28. The summed E-state index contributed by atoms with van der Waals surface area (Å²) in [6.45, 7) is 5.94. The molecule has 2 heterocycles. The number of benzene rings is 1. The van der Waals surface area contributed by atoms with E-state index in [0.29, 0.717) is 12.4 Å². The maximum absolute atomic E-state index is 12.3. The number of aromatic nitrogens is 4. The fourth-order valence-electron chi connectivity index (χ4n) is 2.65. The number of hydrogen-bond donors (Lipinski definition) is 1. The third kappa shape index (κ3) is 3.93. The number of amides is 1. The van der Waals surface area contributed by atoms with E-state index in [-0.39, 0.29) is 5.91 Å². The molecular weight excluding hydrogens is 330 g/mol. The van der Waals surface area contributed by atoms with E-state index in [1.165, 1.54) is 0 Å². The summed E-state index contributed by atoms with van der Waals surface area (Å²) in [5, 5.41) is 11.6. The second kappa shape index (κ2) is 7.43. The summed E-state index contributed by atoms with van der Waals surface area (Å²) in [7, 11) is 1.86. The van der Waals surface area contributed by atoms with E-state index in [4.69, 9.17) is 4.74 Å². The molecule has 0 aliphatic rings. The number of nitrogens with one attached hydrogen (secondary N) is 1. The van der Waals surface area contributed by atoms with E-state index in [1.54, 1.807) is 16.3 Å². The molecule has 136 valence electrons. The van der Waals surface area contributed by atoms with Crippen LogP contribution in [0.15, 0.2) is 42.6 Å². The third-order valence-corrected chi connectivity index (χ3v) is 4.07. The number of para-hydroxylation sites is 1. The van der Waals surface area contributed by atoms with Crippen LogP contribution in [0.5, 0.6) is 5.88 Å². The Morgan fingerprint density at radius 3 is 2.62 bits per heavy atom. The minimum atomic E-state index is -0.651. The molecule has 3 rings (SSSR count). The van der Waals surface area contributed by atoms with Crippen LogP contribution in [0, 0.1) is 13.8 Å². The highest BCUT2D eigenvalue weighted by Crippen LogP contribution is 2.19. The van der Waals surface area contributed by atoms with Gasteiger partial charge >= 0.3 is 0 Å². The molecule has 0 fully saturated rings. The van der Waals surface area contributed by atoms with E-state index >= 15 is 0 Å². The van der Waals surface area contributed by atoms with Gasteiger partial charge in [0.25, 0.3) is 5.91 Å². The van der Waals surface area contributed by atoms with E-state index in [9.17, 15) is 4.79 Å². The fourth-order valence-corrected chi connectivity index (χ4v) is 2.65. The monoisotopic (exact) mass is 353 g/mol. The molecule has 3 aromatic rings. The highest BCUT2D eigenvalue weighted by atomic mass is 16.5. The van der Waals surface area contributed by atoms with Crippen molar-refractivity contribution in [3.8, 4) is 11.6 Å². The lowest BCUT2D eigenvalue weighted by atomic mass is 10.3. The van der Waals surface area contributed by atoms with Gasteiger partial charge in [0.15, 0.2) is 6.10 Å². The van der Waals surface area contributed by atoms with Crippen LogP contribution in [-0.2, 0) is 18.4 Å². The number of ether oxygens (including phenoxy) is 1. The molecular formula is C19H23N5O2. The Morgan fingerprint density at radius 1 is 1.23 bits per heavy atom. The molecule has 0 aliphatic carbocycles. The van der Waals surface area contributed by atoms with E-state index in [1.807, 2.05) is 63.5 Å². The van der Waals surface area contributed by atoms with Crippen molar-refractivity contribution in [3.05, 3.63) is 59.5 Å². The SMILES string of the molecule is Cc1cc(CNC(=O)[C@H](C)Oc2nn(-c3ccccc3)cc2C)n(C)n1. The van der Waals surface area contributed by atoms with Crippen molar-refractivity contribution in [3.63, 3.8) is 0 Å². The topological polar surface area (TPSA) is 74.0 Å². The van der Waals surface area contributed by atoms with E-state index < -0.39 is 6.10 Å². The van der Waals surface area contributed by atoms with Gasteiger partial charge < -0.3 is 10.1 Å². The summed E-state index contributed by atoms with van der Waals surface area (Å²) >= 11 is 0. The second-order valence-electron chi connectivity index (χ2n) is 6.28. The first kappa shape index (κ1) is 17.7. The van der Waals surface area contributed by atoms with Crippen LogP contribution in [0.1, 0.15) is 23.9 Å². The molecule has 2 aromatic heterocycles. The summed E-state index contributed by atoms with van der Waals surface area (Å²) < 4.78 is 9.27. The van der Waals surface area contributed by atoms with Crippen LogP contribution in [-0.4, -0.2) is 31.6 Å². The van der Waals surface area contributed by atoms with Gasteiger partial charge in [0.2, 0.25) is 5.88 Å². The molecule has 7 nitrogen and oxygen atoms in total. The largest absolute Gasteiger partial charge is 0.463 e. The standard InChI is InChI=1S/C19H23N5O2/c1-13-12-24(16-8-6-5-7-9-16)22-19(13)26-15(3)18(25)20-11-17-10-14(2)21-23(17)4/h5-10,12,15H,11H2,1-4H3,(H,20,25)/t15-/m0/s1. The Kier molecular flexibility index (Phi) is 5.06. The van der Waals surface area contributed by atoms with Gasteiger partial charge in [-0.05, 0) is 39.0 Å². The van der Waals surface area contributed by atoms with E-state index in [2.05, 4.69) is 15.5 Å². The molecule has 1 amide bonds. The van der Waals surface area contributed by atoms with Crippen LogP contribution in [0.4, 0.5) is 0 Å². The number of hydrogen-bond acceptors (Lipinski definition) is 4. The molecule has 7 heteroatoms. The predicted molar refractivity (Wildman–Crippen MR) is 98.2 cm³/mol. The molecule has 0 unspecified atom stereocenters. The Bertz CT molecular complexity index is 898. The van der Waals surface area contributed by atoms with Crippen LogP contribution < -0.4 is 10.1 Å². The molecule has 0 bridgehead atoms. The minimum Gasteiger partial charge on any atom is -0.463 e. The van der Waals surface area contributed by atoms with Crippen LogP contribution in [0.2, 0.25) is 0 Å². The van der Waals surface area contributed by atoms with E-state index in [0.717, 1.165) is 22.6 Å². The molecule has 1 N–H and O–H groups in total. The van der Waals surface area contributed by atoms with Gasteiger partial charge in [-0.15, -0.1) is 5.10 Å². The van der Waals surface area contributed by atoms with Crippen molar-refractivity contribution in [2.75, 3.05) is 0 Å². The first-order chi connectivity index (χ1) is 12.4. The maximum atomic E-state index is 12.3. The molecule has 0 radical (unpaired) electrons. The average Bonchev–Trinajstić information content (AvgIpc) is 3.15. The number of rotatable bonds is 6. The number of carbonyl (C=O) groups excluding carboxylic acids is 1. The summed E-state index contributed by atoms with van der Waals surface area (Å²) in [6.07, 6.45) is 1.23. The van der Waals surface area contributed by atoms with Gasteiger partial charge in [0.05, 0.1) is 23.6 Å². The lowest BCUT2D eigenvalue weighted by molar-refractivity contribution is -0.127. The Hall–Kier alpha value is -3.09. The number of aryl methyl sites for hydroxylation is 3. The molecule has 0 saturated carbocycles. The van der Waals surface area contributed by atoms with Crippen molar-refractivity contribution in [1.29, 1.82) is 0 Å². The molecule has 0 spiro atoms. The van der Waals surface area contributed by atoms with Gasteiger partial charge in [-0.1, -0.05) is 18.2 Å². The average molecular weight is 353 g/mol. The predicted octanol–water partition coefficient (Wildman–Crippen LogP) is 2.31. The van der Waals surface area contributed by atoms with Crippen molar-refractivity contribution in [1.82, 2.24) is 24.9 Å². The quantitative estimate of drug-likeness (QED) is 0.738. The van der Waals surface area contributed by atoms with Gasteiger partial charge in [-0.3, -0.25) is 9.48 Å². The lowest BCUT2D eigenvalue weighted by Crippen LogP contribution is -2.36. The normalized spacial score (nSPS) is 12.0. The Labute approximate surface area is 152 Å². The number of carbonyl (C=O) groups is 1. The zero-order valence-electron chi connectivity index (χ0n) is 15.4. The zero-order chi connectivity index (χ0) is 18.7. The molecule has 26 heavy (non-hydrogen) atoms. The number of nitrogens with zero attached hydrogens (tertiary/aromatic N) is 4. The third-order valence-electron chi connectivity index (χ3n) is 4.07. The van der Waals surface area contributed by atoms with Gasteiger partial charge in [-0.2, -0.15) is 5.10 Å². The van der Waals surface area contributed by atoms with Crippen molar-refractivity contribution in [2.24, 2.45) is 7.05 Å². The summed E-state index contributed by atoms with van der Waals surface area (Å²) in [5.41, 5.74) is 3.67. The van der Waals surface area contributed by atoms with Crippen molar-refractivity contribution < 1.29 is 9.53 Å². The lowest BCUT2D eigenvalue weighted by Gasteiger charge is -2.13. The highest BCUT2D eigenvalue weighted by molar-refractivity contribution is 5.80. The van der Waals surface area contributed by atoms with Gasteiger partial charge in [0.1, 0.15) is 0 Å². The molecule has 1 aromatic carbocycles. The van der Waals surface area contributed by atoms with Crippen LogP contribution >= 0.6 is 0 Å². The van der Waals surface area contributed by atoms with Gasteiger partial charge in [-0.25, -0.2) is 4.68 Å². The highest BCUT2D eigenvalue weighted by Gasteiger charge is 2.18. The minimum absolute atomic E-state index is 0.197. The summed E-state index contributed by atoms with van der Waals surface area (Å²) in [6, 6.07) is 11.7. The first-order valence-corrected chi connectivity index (χ1v) is 8.49. The smallest absolute Gasteiger partial charge is 0.261 e. The first-order valence-electron chi connectivity index (χ1n) is 8.49. The van der Waals surface area contributed by atoms with Crippen molar-refractivity contribution >= 4 is 5.91 Å². The Balaban J connectivity index is 1.62. The molecule has 1 atom stereocenters. The fraction of sp³-hybridized carbons (Fsp3) is 0.316.